The van der Waals surface area contributed by atoms with Crippen LogP contribution >= 0.6 is 11.6 Å². The summed E-state index contributed by atoms with van der Waals surface area (Å²) in [5, 5.41) is 6.75. The maximum absolute atomic E-state index is 11.8. The van der Waals surface area contributed by atoms with Crippen LogP contribution in [0.15, 0.2) is 24.3 Å². The largest absolute Gasteiger partial charge is 0.492 e. The number of nitrogens with one attached hydrogen (secondary N) is 2. The van der Waals surface area contributed by atoms with Gasteiger partial charge >= 0.3 is 0 Å². The first kappa shape index (κ1) is 14.2. The van der Waals surface area contributed by atoms with Crippen LogP contribution in [-0.2, 0) is 4.79 Å². The molecule has 1 amide bonds. The van der Waals surface area contributed by atoms with Crippen LogP contribution in [0.4, 0.5) is 0 Å². The van der Waals surface area contributed by atoms with E-state index in [1.54, 1.807) is 12.1 Å². The normalized spacial score (nSPS) is 16.5. The maximum Gasteiger partial charge on any atom is 0.223 e. The van der Waals surface area contributed by atoms with Crippen LogP contribution in [0, 0.1) is 11.8 Å². The lowest BCUT2D eigenvalue weighted by Gasteiger charge is -2.31. The Balaban J connectivity index is 1.63. The number of amides is 1. The van der Waals surface area contributed by atoms with Gasteiger partial charge in [0.2, 0.25) is 5.91 Å². The Morgan fingerprint density at radius 3 is 2.74 bits per heavy atom. The van der Waals surface area contributed by atoms with Crippen LogP contribution in [0.1, 0.15) is 6.92 Å². The van der Waals surface area contributed by atoms with Crippen LogP contribution in [0.25, 0.3) is 0 Å². The van der Waals surface area contributed by atoms with Crippen molar-refractivity contribution >= 4 is 17.5 Å². The van der Waals surface area contributed by atoms with Crippen molar-refractivity contribution in [3.63, 3.8) is 0 Å². The zero-order valence-electron chi connectivity index (χ0n) is 11.0. The van der Waals surface area contributed by atoms with Crippen molar-refractivity contribution in [1.29, 1.82) is 0 Å². The molecule has 0 bridgehead atoms. The Morgan fingerprint density at radius 2 is 2.16 bits per heavy atom. The zero-order valence-corrected chi connectivity index (χ0v) is 11.7. The molecule has 4 nitrogen and oxygen atoms in total. The van der Waals surface area contributed by atoms with Crippen molar-refractivity contribution < 1.29 is 9.53 Å². The molecule has 1 aliphatic heterocycles. The number of carbonyl (C=O) groups excluding carboxylic acids is 1. The number of ether oxygens (including phenoxy) is 1. The van der Waals surface area contributed by atoms with E-state index in [0.717, 1.165) is 18.8 Å². The van der Waals surface area contributed by atoms with Crippen LogP contribution in [0.2, 0.25) is 5.02 Å². The molecule has 1 heterocycles. The molecule has 1 unspecified atom stereocenters. The van der Waals surface area contributed by atoms with Gasteiger partial charge in [-0.3, -0.25) is 4.79 Å². The summed E-state index contributed by atoms with van der Waals surface area (Å²) in [4.78, 5) is 11.8. The van der Waals surface area contributed by atoms with Crippen LogP contribution in [0.3, 0.4) is 0 Å². The van der Waals surface area contributed by atoms with E-state index < -0.39 is 0 Å². The maximum atomic E-state index is 11.8. The molecule has 19 heavy (non-hydrogen) atoms. The molecule has 5 heteroatoms. The van der Waals surface area contributed by atoms with Crippen molar-refractivity contribution in [1.82, 2.24) is 10.6 Å². The van der Waals surface area contributed by atoms with E-state index in [2.05, 4.69) is 10.6 Å². The minimum absolute atomic E-state index is 0.0665. The molecule has 1 fully saturated rings. The van der Waals surface area contributed by atoms with Gasteiger partial charge in [-0.25, -0.2) is 0 Å². The third-order valence-electron chi connectivity index (χ3n) is 3.42. The molecule has 0 saturated carbocycles. The van der Waals surface area contributed by atoms with Gasteiger partial charge in [-0.1, -0.05) is 18.5 Å². The Hall–Kier alpha value is -1.26. The Morgan fingerprint density at radius 1 is 1.47 bits per heavy atom. The van der Waals surface area contributed by atoms with E-state index >= 15 is 0 Å². The first-order valence-electron chi connectivity index (χ1n) is 6.53. The number of halogens is 1. The molecule has 1 atom stereocenters. The van der Waals surface area contributed by atoms with Gasteiger partial charge in [-0.15, -0.1) is 0 Å². The molecule has 1 aliphatic rings. The lowest BCUT2D eigenvalue weighted by molar-refractivity contribution is -0.126. The number of hydrogen-bond donors (Lipinski definition) is 2. The van der Waals surface area contributed by atoms with Gasteiger partial charge in [-0.05, 0) is 43.3 Å². The second kappa shape index (κ2) is 6.78. The van der Waals surface area contributed by atoms with Crippen molar-refractivity contribution in [2.24, 2.45) is 11.8 Å². The van der Waals surface area contributed by atoms with Crippen LogP contribution in [0.5, 0.6) is 5.75 Å². The monoisotopic (exact) mass is 282 g/mol. The average Bonchev–Trinajstić information content (AvgIpc) is 2.34. The third-order valence-corrected chi connectivity index (χ3v) is 3.67. The van der Waals surface area contributed by atoms with Crippen molar-refractivity contribution in [2.75, 3.05) is 26.2 Å². The zero-order chi connectivity index (χ0) is 13.7. The summed E-state index contributed by atoms with van der Waals surface area (Å²) in [6.07, 6.45) is 0. The predicted octanol–water partition coefficient (Wildman–Crippen LogP) is 1.69. The van der Waals surface area contributed by atoms with Crippen LogP contribution < -0.4 is 15.4 Å². The molecular formula is C14H19ClN2O2. The van der Waals surface area contributed by atoms with E-state index in [0.29, 0.717) is 24.1 Å². The van der Waals surface area contributed by atoms with Gasteiger partial charge < -0.3 is 15.4 Å². The summed E-state index contributed by atoms with van der Waals surface area (Å²) >= 11 is 5.78. The topological polar surface area (TPSA) is 50.4 Å². The average molecular weight is 283 g/mol. The standard InChI is InChI=1S/C14H19ClN2O2/c1-10(11-8-16-9-11)14(18)17-6-7-19-13-4-2-12(15)3-5-13/h2-5,10-11,16H,6-9H2,1H3,(H,17,18). The van der Waals surface area contributed by atoms with E-state index in [1.807, 2.05) is 19.1 Å². The molecule has 104 valence electrons. The lowest BCUT2D eigenvalue weighted by Crippen LogP contribution is -2.49. The molecule has 2 rings (SSSR count). The fourth-order valence-corrected chi connectivity index (χ4v) is 2.04. The van der Waals surface area contributed by atoms with Crippen LogP contribution in [-0.4, -0.2) is 32.1 Å². The number of benzene rings is 1. The molecule has 0 aromatic heterocycles. The number of rotatable bonds is 6. The summed E-state index contributed by atoms with van der Waals surface area (Å²) in [5.74, 6) is 1.40. The van der Waals surface area contributed by atoms with Gasteiger partial charge in [-0.2, -0.15) is 0 Å². The van der Waals surface area contributed by atoms with Gasteiger partial charge in [0.15, 0.2) is 0 Å². The highest BCUT2D eigenvalue weighted by molar-refractivity contribution is 6.30. The highest BCUT2D eigenvalue weighted by Gasteiger charge is 2.28. The van der Waals surface area contributed by atoms with E-state index in [1.165, 1.54) is 0 Å². The molecule has 0 aliphatic carbocycles. The molecule has 1 aromatic carbocycles. The highest BCUT2D eigenvalue weighted by Crippen LogP contribution is 2.16. The fourth-order valence-electron chi connectivity index (χ4n) is 1.91. The molecule has 1 aromatic rings. The minimum Gasteiger partial charge on any atom is -0.492 e. The second-order valence-corrected chi connectivity index (χ2v) is 5.24. The Kier molecular flexibility index (Phi) is 5.05. The smallest absolute Gasteiger partial charge is 0.223 e. The summed E-state index contributed by atoms with van der Waals surface area (Å²) in [6.45, 7) is 4.83. The van der Waals surface area contributed by atoms with Crippen molar-refractivity contribution in [2.45, 2.75) is 6.92 Å². The third kappa shape index (κ3) is 4.11. The lowest BCUT2D eigenvalue weighted by atomic mass is 9.88. The van der Waals surface area contributed by atoms with Gasteiger partial charge in [0, 0.05) is 10.9 Å². The van der Waals surface area contributed by atoms with E-state index in [9.17, 15) is 4.79 Å². The summed E-state index contributed by atoms with van der Waals surface area (Å²) < 4.78 is 5.51. The van der Waals surface area contributed by atoms with Crippen molar-refractivity contribution in [3.05, 3.63) is 29.3 Å². The molecule has 1 saturated heterocycles. The van der Waals surface area contributed by atoms with E-state index in [-0.39, 0.29) is 11.8 Å². The van der Waals surface area contributed by atoms with Gasteiger partial charge in [0.05, 0.1) is 6.54 Å². The first-order chi connectivity index (χ1) is 9.16. The number of carbonyl (C=O) groups is 1. The summed E-state index contributed by atoms with van der Waals surface area (Å²) in [5.41, 5.74) is 0. The first-order valence-corrected chi connectivity index (χ1v) is 6.91. The van der Waals surface area contributed by atoms with Gasteiger partial charge in [0.25, 0.3) is 0 Å². The predicted molar refractivity (Wildman–Crippen MR) is 75.5 cm³/mol. The summed E-state index contributed by atoms with van der Waals surface area (Å²) in [6, 6.07) is 7.18. The minimum atomic E-state index is 0.0665. The number of hydrogen-bond acceptors (Lipinski definition) is 3. The highest BCUT2D eigenvalue weighted by atomic mass is 35.5. The van der Waals surface area contributed by atoms with Gasteiger partial charge in [0.1, 0.15) is 12.4 Å². The molecular weight excluding hydrogens is 264 g/mol. The van der Waals surface area contributed by atoms with E-state index in [4.69, 9.17) is 16.3 Å². The molecule has 0 spiro atoms. The Labute approximate surface area is 118 Å². The molecule has 2 N–H and O–H groups in total. The second-order valence-electron chi connectivity index (χ2n) is 4.80. The Bertz CT molecular complexity index is 418. The quantitative estimate of drug-likeness (QED) is 0.781. The SMILES string of the molecule is CC(C(=O)NCCOc1ccc(Cl)cc1)C1CNC1. The fraction of sp³-hybridized carbons (Fsp3) is 0.500. The molecule has 0 radical (unpaired) electrons. The van der Waals surface area contributed by atoms with Crippen molar-refractivity contribution in [3.8, 4) is 5.75 Å². The summed E-state index contributed by atoms with van der Waals surface area (Å²) in [7, 11) is 0.